The number of nitrogens with one attached hydrogen (secondary N) is 1. The van der Waals surface area contributed by atoms with Gasteiger partial charge in [-0.3, -0.25) is 19.4 Å². The Bertz CT molecular complexity index is 1040. The molecule has 0 spiro atoms. The first-order valence-electron chi connectivity index (χ1n) is 13.3. The minimum Gasteiger partial charge on any atom is -0.482 e. The summed E-state index contributed by atoms with van der Waals surface area (Å²) in [5.41, 5.74) is 0.323. The number of anilines is 1. The van der Waals surface area contributed by atoms with Crippen LogP contribution in [0.2, 0.25) is 0 Å². The lowest BCUT2D eigenvalue weighted by atomic mass is 9.97. The molecule has 0 aliphatic carbocycles. The summed E-state index contributed by atoms with van der Waals surface area (Å²) in [5, 5.41) is 2.92. The van der Waals surface area contributed by atoms with Crippen molar-refractivity contribution in [1.82, 2.24) is 14.5 Å². The van der Waals surface area contributed by atoms with E-state index in [-0.39, 0.29) is 29.9 Å². The van der Waals surface area contributed by atoms with Gasteiger partial charge in [0.25, 0.3) is 5.91 Å². The second-order valence-electron chi connectivity index (χ2n) is 10.6. The molecule has 2 atom stereocenters. The fourth-order valence-corrected chi connectivity index (χ4v) is 6.98. The Morgan fingerprint density at radius 1 is 1.08 bits per heavy atom. The Hall–Kier alpha value is -2.17. The van der Waals surface area contributed by atoms with E-state index in [0.717, 1.165) is 25.8 Å². The average Bonchev–Trinajstić information content (AvgIpc) is 2.85. The maximum absolute atomic E-state index is 13.2. The molecule has 0 saturated carbocycles. The van der Waals surface area contributed by atoms with Crippen molar-refractivity contribution >= 4 is 27.5 Å². The minimum atomic E-state index is -3.69. The van der Waals surface area contributed by atoms with Crippen molar-refractivity contribution in [3.63, 3.8) is 0 Å². The zero-order valence-corrected chi connectivity index (χ0v) is 22.6. The number of rotatable bonds is 8. The third-order valence-electron chi connectivity index (χ3n) is 7.85. The molecule has 200 valence electrons. The summed E-state index contributed by atoms with van der Waals surface area (Å²) in [7, 11) is -3.69. The van der Waals surface area contributed by atoms with Crippen molar-refractivity contribution < 1.29 is 22.7 Å². The smallest absolute Gasteiger partial charge is 0.265 e. The van der Waals surface area contributed by atoms with Gasteiger partial charge in [0.15, 0.2) is 6.61 Å². The van der Waals surface area contributed by atoms with E-state index in [1.54, 1.807) is 6.07 Å². The van der Waals surface area contributed by atoms with Crippen LogP contribution in [0.1, 0.15) is 59.3 Å². The molecule has 3 aliphatic heterocycles. The predicted octanol–water partition coefficient (Wildman–Crippen LogP) is 2.60. The number of piperidine rings is 2. The molecule has 3 aliphatic rings. The predicted molar refractivity (Wildman–Crippen MR) is 139 cm³/mol. The van der Waals surface area contributed by atoms with Gasteiger partial charge in [-0.05, 0) is 70.1 Å². The molecular formula is C26H40N4O5S. The molecule has 1 aromatic rings. The van der Waals surface area contributed by atoms with Gasteiger partial charge in [0, 0.05) is 38.3 Å². The van der Waals surface area contributed by atoms with E-state index >= 15 is 0 Å². The number of likely N-dealkylation sites (tertiary alicyclic amines) is 1. The van der Waals surface area contributed by atoms with Crippen molar-refractivity contribution in [2.45, 2.75) is 76.3 Å². The highest BCUT2D eigenvalue weighted by Gasteiger charge is 2.32. The van der Waals surface area contributed by atoms with Crippen molar-refractivity contribution in [2.24, 2.45) is 5.92 Å². The Morgan fingerprint density at radius 3 is 2.47 bits per heavy atom. The summed E-state index contributed by atoms with van der Waals surface area (Å²) < 4.78 is 33.5. The first-order valence-corrected chi connectivity index (χ1v) is 14.7. The standard InChI is InChI=1S/C26H40N4O5S/c1-19-10-14-28(15-11-19)36(33,34)22-8-9-24-23(16-22)30(26(32)18-35-24)17-25(31)27-12-5-13-29-20(2)6-4-7-21(29)3/h8-9,16,19-21H,4-7,10-15,17-18H2,1-3H3,(H,27,31)/t20-,21-/m1/s1. The van der Waals surface area contributed by atoms with Crippen LogP contribution in [0.4, 0.5) is 5.69 Å². The zero-order valence-electron chi connectivity index (χ0n) is 21.7. The molecule has 2 saturated heterocycles. The molecule has 3 heterocycles. The average molecular weight is 521 g/mol. The SMILES string of the molecule is CC1CCN(S(=O)(=O)c2ccc3c(c2)N(CC(=O)NCCCN2[C@H](C)CCC[C@H]2C)C(=O)CO3)CC1. The van der Waals surface area contributed by atoms with E-state index < -0.39 is 10.0 Å². The Kier molecular flexibility index (Phi) is 8.57. The Labute approximate surface area is 215 Å². The van der Waals surface area contributed by atoms with E-state index in [4.69, 9.17) is 4.74 Å². The highest BCUT2D eigenvalue weighted by Crippen LogP contribution is 2.35. The van der Waals surface area contributed by atoms with Crippen molar-refractivity contribution in [1.29, 1.82) is 0 Å². The van der Waals surface area contributed by atoms with Crippen LogP contribution < -0.4 is 15.0 Å². The molecule has 36 heavy (non-hydrogen) atoms. The van der Waals surface area contributed by atoms with Crippen LogP contribution in [0.3, 0.4) is 0 Å². The number of ether oxygens (including phenoxy) is 1. The highest BCUT2D eigenvalue weighted by atomic mass is 32.2. The quantitative estimate of drug-likeness (QED) is 0.529. The van der Waals surface area contributed by atoms with Gasteiger partial charge in [-0.25, -0.2) is 8.42 Å². The van der Waals surface area contributed by atoms with Gasteiger partial charge in [0.05, 0.1) is 10.6 Å². The number of sulfonamides is 1. The van der Waals surface area contributed by atoms with Crippen molar-refractivity contribution in [2.75, 3.05) is 44.2 Å². The molecule has 0 radical (unpaired) electrons. The molecule has 1 N–H and O–H groups in total. The maximum atomic E-state index is 13.2. The number of hydrogen-bond donors (Lipinski definition) is 1. The zero-order chi connectivity index (χ0) is 25.9. The lowest BCUT2D eigenvalue weighted by molar-refractivity contribution is -0.125. The number of hydrogen-bond acceptors (Lipinski definition) is 6. The number of fused-ring (bicyclic) bond motifs is 1. The fourth-order valence-electron chi connectivity index (χ4n) is 5.49. The maximum Gasteiger partial charge on any atom is 0.265 e. The first kappa shape index (κ1) is 26.9. The molecule has 0 unspecified atom stereocenters. The fraction of sp³-hybridized carbons (Fsp3) is 0.692. The second-order valence-corrected chi connectivity index (χ2v) is 12.5. The molecule has 10 heteroatoms. The van der Waals surface area contributed by atoms with Crippen molar-refractivity contribution in [3.05, 3.63) is 18.2 Å². The molecular weight excluding hydrogens is 480 g/mol. The Morgan fingerprint density at radius 2 is 1.78 bits per heavy atom. The molecule has 9 nitrogen and oxygen atoms in total. The normalized spacial score (nSPS) is 24.3. The van der Waals surface area contributed by atoms with E-state index in [1.807, 2.05) is 0 Å². The molecule has 2 amide bonds. The topological polar surface area (TPSA) is 99.3 Å². The van der Waals surface area contributed by atoms with E-state index in [9.17, 15) is 18.0 Å². The lowest BCUT2D eigenvalue weighted by Gasteiger charge is -2.39. The molecule has 0 aromatic heterocycles. The molecule has 2 fully saturated rings. The number of benzene rings is 1. The van der Waals surface area contributed by atoms with Crippen molar-refractivity contribution in [3.8, 4) is 5.75 Å². The number of nitrogens with zero attached hydrogens (tertiary/aromatic N) is 3. The summed E-state index contributed by atoms with van der Waals surface area (Å²) in [4.78, 5) is 29.3. The van der Waals surface area contributed by atoms with Gasteiger partial charge in [-0.15, -0.1) is 0 Å². The van der Waals surface area contributed by atoms with Crippen LogP contribution >= 0.6 is 0 Å². The van der Waals surface area contributed by atoms with Gasteiger partial charge in [-0.2, -0.15) is 4.31 Å². The van der Waals surface area contributed by atoms with E-state index in [0.29, 0.717) is 49.1 Å². The van der Waals surface area contributed by atoms with Crippen LogP contribution in [0.5, 0.6) is 5.75 Å². The minimum absolute atomic E-state index is 0.115. The van der Waals surface area contributed by atoms with Gasteiger partial charge in [-0.1, -0.05) is 13.3 Å². The number of amides is 2. The van der Waals surface area contributed by atoms with E-state index in [1.165, 1.54) is 40.6 Å². The van der Waals surface area contributed by atoms with Gasteiger partial charge in [0.2, 0.25) is 15.9 Å². The van der Waals surface area contributed by atoms with E-state index in [2.05, 4.69) is 31.0 Å². The number of carbonyl (C=O) groups is 2. The third-order valence-corrected chi connectivity index (χ3v) is 9.74. The lowest BCUT2D eigenvalue weighted by Crippen LogP contribution is -2.46. The van der Waals surface area contributed by atoms with Crippen LogP contribution in [0, 0.1) is 5.92 Å². The first-order chi connectivity index (χ1) is 17.2. The van der Waals surface area contributed by atoms with Gasteiger partial charge < -0.3 is 10.1 Å². The number of carbonyl (C=O) groups excluding carboxylic acids is 2. The summed E-state index contributed by atoms with van der Waals surface area (Å²) in [6.07, 6.45) is 6.19. The summed E-state index contributed by atoms with van der Waals surface area (Å²) >= 11 is 0. The monoisotopic (exact) mass is 520 g/mol. The Balaban J connectivity index is 1.38. The van der Waals surface area contributed by atoms with Crippen LogP contribution in [-0.4, -0.2) is 80.9 Å². The largest absolute Gasteiger partial charge is 0.482 e. The van der Waals surface area contributed by atoms with Crippen LogP contribution in [0.15, 0.2) is 23.1 Å². The summed E-state index contributed by atoms with van der Waals surface area (Å²) in [6.45, 7) is 8.72. The summed E-state index contributed by atoms with van der Waals surface area (Å²) in [5.74, 6) is 0.275. The molecule has 1 aromatic carbocycles. The second kappa shape index (κ2) is 11.5. The van der Waals surface area contributed by atoms with Gasteiger partial charge in [0.1, 0.15) is 12.3 Å². The van der Waals surface area contributed by atoms with Gasteiger partial charge >= 0.3 is 0 Å². The third kappa shape index (κ3) is 6.03. The highest BCUT2D eigenvalue weighted by molar-refractivity contribution is 7.89. The van der Waals surface area contributed by atoms with Crippen LogP contribution in [-0.2, 0) is 19.6 Å². The molecule has 0 bridgehead atoms. The summed E-state index contributed by atoms with van der Waals surface area (Å²) in [6, 6.07) is 5.68. The molecule has 4 rings (SSSR count). The van der Waals surface area contributed by atoms with Crippen LogP contribution in [0.25, 0.3) is 0 Å².